The predicted octanol–water partition coefficient (Wildman–Crippen LogP) is 6.91. The van der Waals surface area contributed by atoms with Gasteiger partial charge in [0.15, 0.2) is 18.1 Å². The van der Waals surface area contributed by atoms with Crippen molar-refractivity contribution in [3.63, 3.8) is 0 Å². The summed E-state index contributed by atoms with van der Waals surface area (Å²) < 4.78 is 10.2. The fourth-order valence-corrected chi connectivity index (χ4v) is 3.87. The minimum absolute atomic E-state index is 0.0599. The largest absolute Gasteiger partial charge is 0.504 e. The number of rotatable bonds is 20. The summed E-state index contributed by atoms with van der Waals surface area (Å²) in [5, 5.41) is 12.5. The second-order valence-electron chi connectivity index (χ2n) is 9.22. The van der Waals surface area contributed by atoms with Crippen molar-refractivity contribution in [2.75, 3.05) is 13.7 Å². The van der Waals surface area contributed by atoms with E-state index in [4.69, 9.17) is 9.47 Å². The van der Waals surface area contributed by atoms with Crippen molar-refractivity contribution < 1.29 is 24.2 Å². The molecule has 0 saturated heterocycles. The van der Waals surface area contributed by atoms with Crippen molar-refractivity contribution >= 4 is 11.9 Å². The highest BCUT2D eigenvalue weighted by molar-refractivity contribution is 5.80. The summed E-state index contributed by atoms with van der Waals surface area (Å²) in [5.74, 6) is -0.273. The highest BCUT2D eigenvalue weighted by Gasteiger charge is 2.10. The summed E-state index contributed by atoms with van der Waals surface area (Å²) in [6.45, 7) is 4.09. The lowest BCUT2D eigenvalue weighted by Crippen LogP contribution is -2.28. The number of methoxy groups -OCH3 is 1. The molecule has 1 aromatic carbocycles. The molecule has 0 heterocycles. The van der Waals surface area contributed by atoms with Crippen LogP contribution in [0.15, 0.2) is 24.3 Å². The van der Waals surface area contributed by atoms with Gasteiger partial charge in [0.1, 0.15) is 0 Å². The van der Waals surface area contributed by atoms with E-state index in [1.54, 1.807) is 12.1 Å². The number of carbonyl (C=O) groups excluding carboxylic acids is 2. The van der Waals surface area contributed by atoms with Crippen molar-refractivity contribution in [3.8, 4) is 11.5 Å². The van der Waals surface area contributed by atoms with E-state index in [0.29, 0.717) is 12.2 Å². The van der Waals surface area contributed by atoms with E-state index in [9.17, 15) is 14.7 Å². The molecule has 198 valence electrons. The molecule has 1 amide bonds. The number of allylic oxidation sites excluding steroid dienone is 2. The third-order valence-electron chi connectivity index (χ3n) is 6.12. The molecule has 0 radical (unpaired) electrons. The van der Waals surface area contributed by atoms with Crippen LogP contribution in [0.1, 0.15) is 108 Å². The number of aryl methyl sites for hydroxylation is 1. The van der Waals surface area contributed by atoms with Crippen LogP contribution in [-0.4, -0.2) is 30.7 Å². The molecule has 2 N–H and O–H groups in total. The molecule has 6 heteroatoms. The molecular formula is C29H47NO5. The first kappa shape index (κ1) is 30.5. The van der Waals surface area contributed by atoms with Crippen LogP contribution in [0.4, 0.5) is 0 Å². The van der Waals surface area contributed by atoms with E-state index in [1.165, 1.54) is 64.9 Å². The van der Waals surface area contributed by atoms with Gasteiger partial charge in [-0.15, -0.1) is 0 Å². The molecule has 0 fully saturated rings. The first-order valence-electron chi connectivity index (χ1n) is 13.4. The van der Waals surface area contributed by atoms with Crippen molar-refractivity contribution in [1.82, 2.24) is 5.32 Å². The fraction of sp³-hybridized carbons (Fsp3) is 0.655. The zero-order valence-corrected chi connectivity index (χ0v) is 22.2. The number of esters is 1. The zero-order valence-electron chi connectivity index (χ0n) is 22.2. The van der Waals surface area contributed by atoms with E-state index in [1.807, 2.05) is 6.92 Å². The molecule has 35 heavy (non-hydrogen) atoms. The molecule has 0 spiro atoms. The molecule has 0 unspecified atom stereocenters. The number of aromatic hydroxyl groups is 1. The Bertz CT molecular complexity index is 760. The summed E-state index contributed by atoms with van der Waals surface area (Å²) in [6, 6.07) is 3.28. The Morgan fingerprint density at radius 2 is 1.51 bits per heavy atom. The number of ether oxygens (including phenoxy) is 2. The monoisotopic (exact) mass is 489 g/mol. The van der Waals surface area contributed by atoms with Gasteiger partial charge < -0.3 is 19.9 Å². The zero-order chi connectivity index (χ0) is 25.7. The lowest BCUT2D eigenvalue weighted by molar-refractivity contribution is -0.148. The Kier molecular flexibility index (Phi) is 17.2. The second kappa shape index (κ2) is 19.8. The van der Waals surface area contributed by atoms with Crippen molar-refractivity contribution in [2.24, 2.45) is 0 Å². The summed E-state index contributed by atoms with van der Waals surface area (Å²) in [6.07, 6.45) is 20.7. The van der Waals surface area contributed by atoms with E-state index in [2.05, 4.69) is 24.4 Å². The minimum Gasteiger partial charge on any atom is -0.504 e. The number of phenolic OH excluding ortho intramolecular Hbond substituents is 1. The van der Waals surface area contributed by atoms with Crippen LogP contribution >= 0.6 is 0 Å². The maximum atomic E-state index is 12.0. The molecule has 0 aliphatic heterocycles. The van der Waals surface area contributed by atoms with Gasteiger partial charge in [0, 0.05) is 13.0 Å². The van der Waals surface area contributed by atoms with E-state index in [0.717, 1.165) is 36.8 Å². The average molecular weight is 490 g/mol. The molecule has 0 aliphatic carbocycles. The fourth-order valence-electron chi connectivity index (χ4n) is 3.87. The maximum absolute atomic E-state index is 12.0. The lowest BCUT2D eigenvalue weighted by atomic mass is 10.1. The van der Waals surface area contributed by atoms with Gasteiger partial charge in [-0.1, -0.05) is 70.4 Å². The minimum atomic E-state index is -0.352. The molecule has 0 aliphatic rings. The Morgan fingerprint density at radius 3 is 2.14 bits per heavy atom. The average Bonchev–Trinajstić information content (AvgIpc) is 2.84. The van der Waals surface area contributed by atoms with Crippen molar-refractivity contribution in [2.45, 2.75) is 110 Å². The van der Waals surface area contributed by atoms with Gasteiger partial charge in [0.2, 0.25) is 0 Å². The maximum Gasteiger partial charge on any atom is 0.306 e. The van der Waals surface area contributed by atoms with Crippen molar-refractivity contribution in [3.05, 3.63) is 35.4 Å². The first-order chi connectivity index (χ1) is 17.0. The molecule has 0 bridgehead atoms. The Balaban J connectivity index is 2.00. The van der Waals surface area contributed by atoms with Crippen molar-refractivity contribution in [1.29, 1.82) is 0 Å². The molecular weight excluding hydrogens is 442 g/mol. The SMILES string of the molecule is CCCCCCCC/C=C\CCCCCCCC(=O)OCC(=O)NCc1cc(OC)c(O)cc1C. The van der Waals surface area contributed by atoms with Gasteiger partial charge in [-0.05, 0) is 62.3 Å². The van der Waals surface area contributed by atoms with Gasteiger partial charge in [0.25, 0.3) is 5.91 Å². The van der Waals surface area contributed by atoms with Crippen LogP contribution in [0.25, 0.3) is 0 Å². The molecule has 0 aromatic heterocycles. The van der Waals surface area contributed by atoms with Gasteiger partial charge >= 0.3 is 5.97 Å². The highest BCUT2D eigenvalue weighted by atomic mass is 16.5. The van der Waals surface area contributed by atoms with Crippen LogP contribution < -0.4 is 10.1 Å². The number of phenols is 1. The van der Waals surface area contributed by atoms with E-state index in [-0.39, 0.29) is 30.8 Å². The molecule has 0 saturated carbocycles. The normalized spacial score (nSPS) is 11.1. The number of carbonyl (C=O) groups is 2. The number of amides is 1. The quantitative estimate of drug-likeness (QED) is 0.118. The number of benzene rings is 1. The summed E-state index contributed by atoms with van der Waals surface area (Å²) >= 11 is 0. The number of hydrogen-bond acceptors (Lipinski definition) is 5. The second-order valence-corrected chi connectivity index (χ2v) is 9.22. The number of nitrogens with one attached hydrogen (secondary N) is 1. The van der Waals surface area contributed by atoms with Crippen LogP contribution in [0.3, 0.4) is 0 Å². The van der Waals surface area contributed by atoms with E-state index >= 15 is 0 Å². The number of unbranched alkanes of at least 4 members (excludes halogenated alkanes) is 11. The standard InChI is InChI=1S/C29H47NO5/c1-4-5-6-7-8-9-10-11-12-13-14-15-16-17-18-19-29(33)35-23-28(32)30-22-25-21-27(34-3)26(31)20-24(25)2/h11-12,20-21,31H,4-10,13-19,22-23H2,1-3H3,(H,30,32)/b12-11-. The Hall–Kier alpha value is -2.50. The van der Waals surface area contributed by atoms with E-state index < -0.39 is 0 Å². The van der Waals surface area contributed by atoms with Crippen LogP contribution in [0.2, 0.25) is 0 Å². The summed E-state index contributed by atoms with van der Waals surface area (Å²) in [7, 11) is 1.47. The first-order valence-corrected chi connectivity index (χ1v) is 13.4. The predicted molar refractivity (Wildman–Crippen MR) is 142 cm³/mol. The highest BCUT2D eigenvalue weighted by Crippen LogP contribution is 2.29. The lowest BCUT2D eigenvalue weighted by Gasteiger charge is -2.11. The van der Waals surface area contributed by atoms with Gasteiger partial charge in [0.05, 0.1) is 7.11 Å². The van der Waals surface area contributed by atoms with Crippen LogP contribution in [-0.2, 0) is 20.9 Å². The molecule has 1 aromatic rings. The Labute approximate surface area is 212 Å². The van der Waals surface area contributed by atoms with Gasteiger partial charge in [-0.3, -0.25) is 9.59 Å². The third kappa shape index (κ3) is 15.2. The summed E-state index contributed by atoms with van der Waals surface area (Å²) in [5.41, 5.74) is 1.66. The van der Waals surface area contributed by atoms with Crippen LogP contribution in [0.5, 0.6) is 11.5 Å². The smallest absolute Gasteiger partial charge is 0.306 e. The molecule has 1 rings (SSSR count). The third-order valence-corrected chi connectivity index (χ3v) is 6.12. The topological polar surface area (TPSA) is 84.9 Å². The van der Waals surface area contributed by atoms with Crippen LogP contribution in [0, 0.1) is 6.92 Å². The van der Waals surface area contributed by atoms with Gasteiger partial charge in [-0.2, -0.15) is 0 Å². The number of hydrogen-bond donors (Lipinski definition) is 2. The Morgan fingerprint density at radius 1 is 0.914 bits per heavy atom. The molecule has 0 atom stereocenters. The van der Waals surface area contributed by atoms with Gasteiger partial charge in [-0.25, -0.2) is 0 Å². The molecule has 6 nitrogen and oxygen atoms in total. The summed E-state index contributed by atoms with van der Waals surface area (Å²) in [4.78, 5) is 23.9.